The summed E-state index contributed by atoms with van der Waals surface area (Å²) >= 11 is 6.16. The predicted molar refractivity (Wildman–Crippen MR) is 89.5 cm³/mol. The van der Waals surface area contributed by atoms with E-state index in [-0.39, 0.29) is 0 Å². The maximum atomic E-state index is 6.16. The highest BCUT2D eigenvalue weighted by atomic mass is 35.5. The Labute approximate surface area is 135 Å². The summed E-state index contributed by atoms with van der Waals surface area (Å²) in [4.78, 5) is 11.4. The Morgan fingerprint density at radius 3 is 2.64 bits per heavy atom. The van der Waals surface area contributed by atoms with Crippen LogP contribution < -0.4 is 15.0 Å². The van der Waals surface area contributed by atoms with E-state index in [0.717, 1.165) is 36.2 Å². The van der Waals surface area contributed by atoms with Crippen LogP contribution in [0.15, 0.2) is 24.3 Å². The van der Waals surface area contributed by atoms with Crippen molar-refractivity contribution in [1.29, 1.82) is 0 Å². The number of aryl methyl sites for hydroxylation is 1. The summed E-state index contributed by atoms with van der Waals surface area (Å²) in [5.41, 5.74) is 1.82. The van der Waals surface area contributed by atoms with Crippen LogP contribution in [0.4, 0.5) is 17.5 Å². The van der Waals surface area contributed by atoms with Crippen LogP contribution >= 0.6 is 11.6 Å². The van der Waals surface area contributed by atoms with Crippen molar-refractivity contribution < 1.29 is 4.74 Å². The van der Waals surface area contributed by atoms with Gasteiger partial charge in [-0.2, -0.15) is 4.98 Å². The lowest BCUT2D eigenvalue weighted by molar-refractivity contribution is 0.415. The lowest BCUT2D eigenvalue weighted by atomic mass is 10.3. The zero-order valence-corrected chi connectivity index (χ0v) is 13.5. The quantitative estimate of drug-likeness (QED) is 0.929. The Bertz CT molecular complexity index is 671. The van der Waals surface area contributed by atoms with Gasteiger partial charge in [-0.05, 0) is 38.0 Å². The molecule has 0 bridgehead atoms. The largest absolute Gasteiger partial charge is 0.495 e. The fourth-order valence-electron chi connectivity index (χ4n) is 2.57. The summed E-state index contributed by atoms with van der Waals surface area (Å²) in [6, 6.07) is 7.50. The number of methoxy groups -OCH3 is 1. The van der Waals surface area contributed by atoms with E-state index < -0.39 is 0 Å². The molecule has 0 saturated carbocycles. The standard InChI is InChI=1S/C16H19ClN4O/c1-11-9-15(20-16(18-11)21-7-3-4-8-21)19-12-5-6-14(22-2)13(17)10-12/h5-6,9-10H,3-4,7-8H2,1-2H3,(H,18,19,20). The van der Waals surface area contributed by atoms with Crippen LogP contribution in [0.1, 0.15) is 18.5 Å². The molecule has 2 aromatic rings. The fourth-order valence-corrected chi connectivity index (χ4v) is 2.83. The van der Waals surface area contributed by atoms with Crippen molar-refractivity contribution in [2.75, 3.05) is 30.4 Å². The van der Waals surface area contributed by atoms with Crippen molar-refractivity contribution in [3.63, 3.8) is 0 Å². The van der Waals surface area contributed by atoms with Gasteiger partial charge in [0.1, 0.15) is 11.6 Å². The van der Waals surface area contributed by atoms with E-state index in [9.17, 15) is 0 Å². The van der Waals surface area contributed by atoms with Crippen LogP contribution in [-0.2, 0) is 0 Å². The lowest BCUT2D eigenvalue weighted by Crippen LogP contribution is -2.21. The molecule has 0 aliphatic carbocycles. The van der Waals surface area contributed by atoms with E-state index in [2.05, 4.69) is 20.2 Å². The van der Waals surface area contributed by atoms with E-state index in [1.165, 1.54) is 12.8 Å². The van der Waals surface area contributed by atoms with Crippen molar-refractivity contribution in [2.24, 2.45) is 0 Å². The molecule has 1 aromatic heterocycles. The minimum Gasteiger partial charge on any atom is -0.495 e. The summed E-state index contributed by atoms with van der Waals surface area (Å²) in [6.07, 6.45) is 2.41. The number of halogens is 1. The molecular formula is C16H19ClN4O. The topological polar surface area (TPSA) is 50.3 Å². The highest BCUT2D eigenvalue weighted by Crippen LogP contribution is 2.29. The van der Waals surface area contributed by atoms with Crippen LogP contribution in [0.2, 0.25) is 5.02 Å². The fraction of sp³-hybridized carbons (Fsp3) is 0.375. The maximum Gasteiger partial charge on any atom is 0.227 e. The van der Waals surface area contributed by atoms with Gasteiger partial charge in [0.25, 0.3) is 0 Å². The molecule has 0 atom stereocenters. The van der Waals surface area contributed by atoms with Crippen molar-refractivity contribution in [3.05, 3.63) is 35.0 Å². The number of anilines is 3. The average molecular weight is 319 g/mol. The van der Waals surface area contributed by atoms with Gasteiger partial charge >= 0.3 is 0 Å². The van der Waals surface area contributed by atoms with Crippen molar-refractivity contribution in [3.8, 4) is 5.75 Å². The Morgan fingerprint density at radius 2 is 1.95 bits per heavy atom. The van der Waals surface area contributed by atoms with Crippen LogP contribution in [0.5, 0.6) is 5.75 Å². The molecule has 0 spiro atoms. The molecule has 1 aliphatic rings. The van der Waals surface area contributed by atoms with Crippen molar-refractivity contribution in [1.82, 2.24) is 9.97 Å². The summed E-state index contributed by atoms with van der Waals surface area (Å²) in [5, 5.41) is 3.85. The Balaban J connectivity index is 1.83. The summed E-state index contributed by atoms with van der Waals surface area (Å²) in [6.45, 7) is 4.03. The third-order valence-corrected chi connectivity index (χ3v) is 3.95. The Morgan fingerprint density at radius 1 is 1.18 bits per heavy atom. The number of nitrogens with zero attached hydrogens (tertiary/aromatic N) is 3. The van der Waals surface area contributed by atoms with Crippen molar-refractivity contribution >= 4 is 29.1 Å². The van der Waals surface area contributed by atoms with E-state index in [1.807, 2.05) is 31.2 Å². The molecule has 1 aromatic carbocycles. The number of aromatic nitrogens is 2. The number of hydrogen-bond donors (Lipinski definition) is 1. The van der Waals surface area contributed by atoms with E-state index >= 15 is 0 Å². The smallest absolute Gasteiger partial charge is 0.227 e. The number of nitrogens with one attached hydrogen (secondary N) is 1. The van der Waals surface area contributed by atoms with Crippen molar-refractivity contribution in [2.45, 2.75) is 19.8 Å². The van der Waals surface area contributed by atoms with Gasteiger partial charge in [-0.1, -0.05) is 11.6 Å². The molecule has 0 amide bonds. The number of benzene rings is 1. The van der Waals surface area contributed by atoms with E-state index in [4.69, 9.17) is 16.3 Å². The first-order valence-corrected chi connectivity index (χ1v) is 7.75. The van der Waals surface area contributed by atoms with Gasteiger partial charge in [0.2, 0.25) is 5.95 Å². The molecule has 1 saturated heterocycles. The second kappa shape index (κ2) is 6.40. The molecule has 0 unspecified atom stereocenters. The van der Waals surface area contributed by atoms with Crippen LogP contribution in [0, 0.1) is 6.92 Å². The summed E-state index contributed by atoms with van der Waals surface area (Å²) in [5.74, 6) is 2.22. The highest BCUT2D eigenvalue weighted by Gasteiger charge is 2.16. The highest BCUT2D eigenvalue weighted by molar-refractivity contribution is 6.32. The Hall–Kier alpha value is -2.01. The molecule has 22 heavy (non-hydrogen) atoms. The van der Waals surface area contributed by atoms with Gasteiger partial charge in [-0.15, -0.1) is 0 Å². The first-order valence-electron chi connectivity index (χ1n) is 7.37. The number of hydrogen-bond acceptors (Lipinski definition) is 5. The van der Waals surface area contributed by atoms with Gasteiger partial charge in [0.05, 0.1) is 12.1 Å². The van der Waals surface area contributed by atoms with E-state index in [1.54, 1.807) is 7.11 Å². The maximum absolute atomic E-state index is 6.16. The van der Waals surface area contributed by atoms with Gasteiger partial charge in [0.15, 0.2) is 0 Å². The molecule has 5 nitrogen and oxygen atoms in total. The summed E-state index contributed by atoms with van der Waals surface area (Å²) in [7, 11) is 1.60. The SMILES string of the molecule is COc1ccc(Nc2cc(C)nc(N3CCCC3)n2)cc1Cl. The molecule has 2 heterocycles. The van der Waals surface area contributed by atoms with E-state index in [0.29, 0.717) is 10.8 Å². The molecule has 116 valence electrons. The minimum atomic E-state index is 0.568. The number of rotatable bonds is 4. The second-order valence-electron chi connectivity index (χ2n) is 5.36. The number of ether oxygens (including phenoxy) is 1. The van der Waals surface area contributed by atoms with Crippen LogP contribution in [0.25, 0.3) is 0 Å². The minimum absolute atomic E-state index is 0.568. The molecule has 3 rings (SSSR count). The zero-order valence-electron chi connectivity index (χ0n) is 12.8. The predicted octanol–water partition coefficient (Wildman–Crippen LogP) is 3.79. The monoisotopic (exact) mass is 318 g/mol. The first kappa shape index (κ1) is 14.9. The molecule has 1 aliphatic heterocycles. The third-order valence-electron chi connectivity index (χ3n) is 3.66. The first-order chi connectivity index (χ1) is 10.7. The van der Waals surface area contributed by atoms with Gasteiger partial charge in [0, 0.05) is 30.5 Å². The summed E-state index contributed by atoms with van der Waals surface area (Å²) < 4.78 is 5.16. The van der Waals surface area contributed by atoms with Crippen LogP contribution in [0.3, 0.4) is 0 Å². The molecule has 1 fully saturated rings. The molecular weight excluding hydrogens is 300 g/mol. The van der Waals surface area contributed by atoms with Gasteiger partial charge in [-0.25, -0.2) is 4.98 Å². The normalized spacial score (nSPS) is 14.2. The second-order valence-corrected chi connectivity index (χ2v) is 5.77. The zero-order chi connectivity index (χ0) is 15.5. The van der Waals surface area contributed by atoms with Gasteiger partial charge < -0.3 is 15.0 Å². The third kappa shape index (κ3) is 3.25. The molecule has 0 radical (unpaired) electrons. The molecule has 1 N–H and O–H groups in total. The van der Waals surface area contributed by atoms with Gasteiger partial charge in [-0.3, -0.25) is 0 Å². The Kier molecular flexibility index (Phi) is 4.34. The lowest BCUT2D eigenvalue weighted by Gasteiger charge is -2.17. The van der Waals surface area contributed by atoms with Crippen LogP contribution in [-0.4, -0.2) is 30.2 Å². The average Bonchev–Trinajstić information content (AvgIpc) is 3.01. The molecule has 6 heteroatoms.